The number of benzene rings is 4. The number of amides is 7. The van der Waals surface area contributed by atoms with Gasteiger partial charge in [-0.1, -0.05) is 60.7 Å². The average Bonchev–Trinajstić information content (AvgIpc) is 3.59. The van der Waals surface area contributed by atoms with Gasteiger partial charge in [0.05, 0.1) is 16.6 Å². The van der Waals surface area contributed by atoms with E-state index in [0.29, 0.717) is 63.7 Å². The summed E-state index contributed by atoms with van der Waals surface area (Å²) in [7, 11) is 0. The van der Waals surface area contributed by atoms with E-state index in [9.17, 15) is 28.8 Å². The first-order valence-electron chi connectivity index (χ1n) is 22.5. The second kappa shape index (κ2) is 19.2. The fraction of sp³-hybridized carbons (Fsp3) is 0.347. The van der Waals surface area contributed by atoms with Crippen LogP contribution in [-0.4, -0.2) is 106 Å². The van der Waals surface area contributed by atoms with Crippen molar-refractivity contribution in [1.29, 1.82) is 0 Å². The number of hydrogen-bond acceptors (Lipinski definition) is 11. The van der Waals surface area contributed by atoms with Crippen LogP contribution in [-0.2, 0) is 20.9 Å². The quantitative estimate of drug-likeness (QED) is 0.0838. The highest BCUT2D eigenvalue weighted by atomic mass is 16.2. The Balaban J connectivity index is 0.789. The molecule has 1 unspecified atom stereocenters. The van der Waals surface area contributed by atoms with Gasteiger partial charge < -0.3 is 25.8 Å². The number of anilines is 4. The van der Waals surface area contributed by atoms with Crippen LogP contribution < -0.4 is 31.1 Å². The molecule has 1 atom stereocenters. The molecule has 0 spiro atoms. The number of piperazine rings is 1. The Morgan fingerprint density at radius 3 is 2.37 bits per heavy atom. The number of nitrogens with zero attached hydrogens (tertiary/aromatic N) is 6. The number of nitrogens with one attached hydrogen (secondary N) is 4. The van der Waals surface area contributed by atoms with Crippen molar-refractivity contribution in [1.82, 2.24) is 30.4 Å². The van der Waals surface area contributed by atoms with E-state index in [4.69, 9.17) is 4.98 Å². The normalized spacial score (nSPS) is 19.8. The molecule has 1 aliphatic carbocycles. The second-order valence-electron chi connectivity index (χ2n) is 17.0. The van der Waals surface area contributed by atoms with Crippen LogP contribution in [0.1, 0.15) is 77.6 Å². The first-order chi connectivity index (χ1) is 31.7. The maximum absolute atomic E-state index is 14.1. The van der Waals surface area contributed by atoms with Crippen LogP contribution in [0.4, 0.5) is 27.8 Å². The van der Waals surface area contributed by atoms with Crippen molar-refractivity contribution in [3.8, 4) is 0 Å². The average molecular weight is 877 g/mol. The molecule has 4 heterocycles. The third-order valence-electron chi connectivity index (χ3n) is 12.8. The number of aromatic nitrogens is 2. The van der Waals surface area contributed by atoms with Crippen LogP contribution in [0.15, 0.2) is 103 Å². The van der Waals surface area contributed by atoms with E-state index in [1.54, 1.807) is 18.2 Å². The van der Waals surface area contributed by atoms with Crippen molar-refractivity contribution in [3.63, 3.8) is 0 Å². The predicted octanol–water partition coefficient (Wildman–Crippen LogP) is 5.71. The minimum Gasteiger partial charge on any atom is -0.384 e. The van der Waals surface area contributed by atoms with E-state index in [1.165, 1.54) is 0 Å². The standard InChI is InChI=1S/C49H52N10O6/c60-42-23-22-41(45(62)55-42)59-46(63)38-14-7-16-40(44(38)47(59)64)50-24-8-17-43(61)57-27-25-56(26-28-57)36-12-6-13-37(29-36)58(49(65)52-30-32-9-2-1-3-10-32)35-20-18-34(19-21-35)53-48-51-31-33-11-4-5-15-39(33)54-48/h1-7,9-16,29,31,34-35,41,50H,8,17-28,30H2,(H,52,65)(H,51,53,54)(H,55,60,62). The zero-order chi connectivity index (χ0) is 44.9. The van der Waals surface area contributed by atoms with Gasteiger partial charge in [0.2, 0.25) is 23.7 Å². The summed E-state index contributed by atoms with van der Waals surface area (Å²) in [5.41, 5.74) is 4.59. The highest BCUT2D eigenvalue weighted by molar-refractivity contribution is 6.25. The molecule has 3 fully saturated rings. The number of rotatable bonds is 13. The minimum atomic E-state index is -1.04. The highest BCUT2D eigenvalue weighted by Crippen LogP contribution is 2.34. The molecule has 0 radical (unpaired) electrons. The summed E-state index contributed by atoms with van der Waals surface area (Å²) in [5.74, 6) is -1.58. The molecule has 1 saturated carbocycles. The molecule has 65 heavy (non-hydrogen) atoms. The van der Waals surface area contributed by atoms with Gasteiger partial charge in [0.15, 0.2) is 0 Å². The lowest BCUT2D eigenvalue weighted by Crippen LogP contribution is -2.54. The van der Waals surface area contributed by atoms with Crippen LogP contribution in [0.2, 0.25) is 0 Å². The van der Waals surface area contributed by atoms with Gasteiger partial charge in [0, 0.05) is 92.8 Å². The number of fused-ring (bicyclic) bond motifs is 2. The van der Waals surface area contributed by atoms with Gasteiger partial charge in [-0.15, -0.1) is 0 Å². The molecular formula is C49H52N10O6. The third-order valence-corrected chi connectivity index (χ3v) is 12.8. The fourth-order valence-corrected chi connectivity index (χ4v) is 9.39. The van der Waals surface area contributed by atoms with Crippen LogP contribution in [0, 0.1) is 0 Å². The summed E-state index contributed by atoms with van der Waals surface area (Å²) >= 11 is 0. The summed E-state index contributed by atoms with van der Waals surface area (Å²) in [6.07, 6.45) is 6.10. The molecule has 16 nitrogen and oxygen atoms in total. The van der Waals surface area contributed by atoms with Gasteiger partial charge in [-0.05, 0) is 80.5 Å². The van der Waals surface area contributed by atoms with Gasteiger partial charge in [-0.2, -0.15) is 0 Å². The number of carbonyl (C=O) groups excluding carboxylic acids is 6. The van der Waals surface area contributed by atoms with Gasteiger partial charge >= 0.3 is 6.03 Å². The van der Waals surface area contributed by atoms with E-state index < -0.39 is 29.7 Å². The summed E-state index contributed by atoms with van der Waals surface area (Å²) in [5, 5.41) is 13.2. The highest BCUT2D eigenvalue weighted by Gasteiger charge is 2.45. The minimum absolute atomic E-state index is 0.0149. The smallest absolute Gasteiger partial charge is 0.322 e. The molecule has 3 aliphatic heterocycles. The number of carbonyl (C=O) groups is 6. The van der Waals surface area contributed by atoms with E-state index in [2.05, 4.69) is 43.3 Å². The third kappa shape index (κ3) is 9.47. The van der Waals surface area contributed by atoms with Crippen LogP contribution >= 0.6 is 0 Å². The largest absolute Gasteiger partial charge is 0.384 e. The van der Waals surface area contributed by atoms with Crippen molar-refractivity contribution in [3.05, 3.63) is 120 Å². The molecule has 9 rings (SSSR count). The van der Waals surface area contributed by atoms with E-state index in [-0.39, 0.29) is 48.0 Å². The van der Waals surface area contributed by atoms with Gasteiger partial charge in [0.1, 0.15) is 6.04 Å². The molecule has 4 N–H and O–H groups in total. The van der Waals surface area contributed by atoms with E-state index in [1.807, 2.05) is 82.7 Å². The monoisotopic (exact) mass is 876 g/mol. The Bertz CT molecular complexity index is 2610. The van der Waals surface area contributed by atoms with Crippen molar-refractivity contribution in [2.24, 2.45) is 0 Å². The molecule has 1 aromatic heterocycles. The van der Waals surface area contributed by atoms with Gasteiger partial charge in [-0.25, -0.2) is 14.8 Å². The number of hydrogen-bond donors (Lipinski definition) is 4. The lowest BCUT2D eigenvalue weighted by molar-refractivity contribution is -0.136. The Kier molecular flexibility index (Phi) is 12.7. The first kappa shape index (κ1) is 42.9. The molecule has 7 amide bonds. The van der Waals surface area contributed by atoms with Crippen LogP contribution in [0.25, 0.3) is 10.9 Å². The van der Waals surface area contributed by atoms with Gasteiger partial charge in [0.25, 0.3) is 11.8 Å². The molecule has 16 heteroatoms. The van der Waals surface area contributed by atoms with E-state index >= 15 is 0 Å². The van der Waals surface area contributed by atoms with Crippen LogP contribution in [0.3, 0.4) is 0 Å². The maximum atomic E-state index is 14.1. The number of imide groups is 2. The van der Waals surface area contributed by atoms with Crippen LogP contribution in [0.5, 0.6) is 0 Å². The number of para-hydroxylation sites is 1. The zero-order valence-corrected chi connectivity index (χ0v) is 36.1. The fourth-order valence-electron chi connectivity index (χ4n) is 9.39. The number of piperidine rings is 1. The molecule has 2 saturated heterocycles. The molecule has 0 bridgehead atoms. The molecule has 4 aromatic carbocycles. The summed E-state index contributed by atoms with van der Waals surface area (Å²) in [6.45, 7) is 3.18. The summed E-state index contributed by atoms with van der Waals surface area (Å²) < 4.78 is 0. The lowest BCUT2D eigenvalue weighted by Gasteiger charge is -2.39. The first-order valence-corrected chi connectivity index (χ1v) is 22.5. The zero-order valence-electron chi connectivity index (χ0n) is 36.1. The molecule has 334 valence electrons. The lowest BCUT2D eigenvalue weighted by atomic mass is 9.90. The van der Waals surface area contributed by atoms with Crippen molar-refractivity contribution in [2.75, 3.05) is 53.2 Å². The number of urea groups is 1. The summed E-state index contributed by atoms with van der Waals surface area (Å²) in [6, 6.07) is 29.9. The van der Waals surface area contributed by atoms with Crippen molar-refractivity contribution in [2.45, 2.75) is 76.0 Å². The SMILES string of the molecule is O=C1CCC(N2C(=O)c3cccc(NCCCC(=O)N4CCN(c5cccc(N(C(=O)NCc6ccccc6)C6CCC(Nc7ncc8ccccc8n7)CC6)c5)CC4)c3C2=O)C(=O)N1. The molecule has 5 aromatic rings. The maximum Gasteiger partial charge on any atom is 0.322 e. The summed E-state index contributed by atoms with van der Waals surface area (Å²) in [4.78, 5) is 94.7. The van der Waals surface area contributed by atoms with Crippen molar-refractivity contribution >= 4 is 69.5 Å². The topological polar surface area (TPSA) is 189 Å². The predicted molar refractivity (Wildman–Crippen MR) is 246 cm³/mol. The van der Waals surface area contributed by atoms with Crippen molar-refractivity contribution < 1.29 is 28.8 Å². The molecule has 4 aliphatic rings. The van der Waals surface area contributed by atoms with E-state index in [0.717, 1.165) is 58.4 Å². The molecular weight excluding hydrogens is 825 g/mol. The Labute approximate surface area is 376 Å². The Hall–Kier alpha value is -7.36. The van der Waals surface area contributed by atoms with Gasteiger partial charge in [-0.3, -0.25) is 39.1 Å². The second-order valence-corrected chi connectivity index (χ2v) is 17.0. The Morgan fingerprint density at radius 2 is 1.57 bits per heavy atom. The Morgan fingerprint density at radius 1 is 0.800 bits per heavy atom.